The van der Waals surface area contributed by atoms with E-state index in [-0.39, 0.29) is 29.9 Å². The molecule has 1 N–H and O–H groups in total. The Balaban J connectivity index is 1.51. The highest BCUT2D eigenvalue weighted by Gasteiger charge is 2.31. The summed E-state index contributed by atoms with van der Waals surface area (Å²) in [6.45, 7) is 0.506. The van der Waals surface area contributed by atoms with Crippen molar-refractivity contribution in [2.75, 3.05) is 19.7 Å². The fourth-order valence-electron chi connectivity index (χ4n) is 3.03. The number of aromatic carboxylic acids is 1. The van der Waals surface area contributed by atoms with Crippen molar-refractivity contribution in [3.63, 3.8) is 0 Å². The molecule has 1 amide bonds. The number of ether oxygens (including phenoxy) is 1. The number of alkyl halides is 3. The first-order chi connectivity index (χ1) is 13.2. The van der Waals surface area contributed by atoms with Gasteiger partial charge in [-0.2, -0.15) is 18.3 Å². The first-order valence-corrected chi connectivity index (χ1v) is 8.59. The summed E-state index contributed by atoms with van der Waals surface area (Å²) in [5.74, 6) is -1.39. The summed E-state index contributed by atoms with van der Waals surface area (Å²) in [6, 6.07) is 4.37. The van der Waals surface area contributed by atoms with Crippen LogP contribution < -0.4 is 4.74 Å². The maximum atomic E-state index is 12.7. The van der Waals surface area contributed by atoms with Crippen molar-refractivity contribution in [1.29, 1.82) is 0 Å². The molecule has 0 aliphatic carbocycles. The number of hydrogen-bond acceptors (Lipinski definition) is 4. The Kier molecular flexibility index (Phi) is 5.57. The van der Waals surface area contributed by atoms with Crippen molar-refractivity contribution in [3.8, 4) is 5.75 Å². The number of rotatable bonds is 5. The average Bonchev–Trinajstić information content (AvgIpc) is 3.16. The minimum atomic E-state index is -4.47. The molecule has 0 bridgehead atoms. The highest BCUT2D eigenvalue weighted by Crippen LogP contribution is 2.31. The number of likely N-dealkylation sites (tertiary alicyclic amines) is 1. The minimum absolute atomic E-state index is 0.0125. The topological polar surface area (TPSA) is 84.7 Å². The largest absolute Gasteiger partial charge is 0.484 e. The highest BCUT2D eigenvalue weighted by atomic mass is 19.4. The van der Waals surface area contributed by atoms with Gasteiger partial charge in [0.2, 0.25) is 0 Å². The lowest BCUT2D eigenvalue weighted by molar-refractivity contribution is -0.137. The highest BCUT2D eigenvalue weighted by molar-refractivity contribution is 5.86. The van der Waals surface area contributed by atoms with E-state index < -0.39 is 17.7 Å². The van der Waals surface area contributed by atoms with Crippen LogP contribution in [0.3, 0.4) is 0 Å². The Morgan fingerprint density at radius 3 is 2.57 bits per heavy atom. The number of piperidine rings is 1. The van der Waals surface area contributed by atoms with E-state index in [1.54, 1.807) is 9.58 Å². The lowest BCUT2D eigenvalue weighted by Gasteiger charge is -2.32. The van der Waals surface area contributed by atoms with Gasteiger partial charge in [-0.15, -0.1) is 0 Å². The van der Waals surface area contributed by atoms with Crippen LogP contribution in [0.15, 0.2) is 36.7 Å². The summed E-state index contributed by atoms with van der Waals surface area (Å²) in [6.07, 6.45) is -0.547. The summed E-state index contributed by atoms with van der Waals surface area (Å²) in [4.78, 5) is 24.8. The van der Waals surface area contributed by atoms with Gasteiger partial charge in [0.25, 0.3) is 5.91 Å². The number of carboxylic acid groups (broad SMARTS) is 1. The molecule has 3 rings (SSSR count). The number of amides is 1. The second kappa shape index (κ2) is 7.91. The maximum absolute atomic E-state index is 12.7. The second-order valence-corrected chi connectivity index (χ2v) is 6.44. The van der Waals surface area contributed by atoms with E-state index in [9.17, 15) is 22.8 Å². The van der Waals surface area contributed by atoms with E-state index in [4.69, 9.17) is 9.84 Å². The van der Waals surface area contributed by atoms with E-state index in [0.29, 0.717) is 25.9 Å². The predicted molar refractivity (Wildman–Crippen MR) is 91.0 cm³/mol. The van der Waals surface area contributed by atoms with Gasteiger partial charge in [-0.3, -0.25) is 9.48 Å². The normalized spacial score (nSPS) is 15.5. The predicted octanol–water partition coefficient (Wildman–Crippen LogP) is 2.84. The van der Waals surface area contributed by atoms with Gasteiger partial charge >= 0.3 is 12.1 Å². The van der Waals surface area contributed by atoms with E-state index >= 15 is 0 Å². The Morgan fingerprint density at radius 1 is 1.25 bits per heavy atom. The van der Waals surface area contributed by atoms with E-state index in [2.05, 4.69) is 5.10 Å². The van der Waals surface area contributed by atoms with Crippen molar-refractivity contribution < 1.29 is 32.6 Å². The summed E-state index contributed by atoms with van der Waals surface area (Å²) in [5.41, 5.74) is -0.730. The van der Waals surface area contributed by atoms with Crippen LogP contribution in [0.25, 0.3) is 0 Å². The van der Waals surface area contributed by atoms with Gasteiger partial charge in [-0.25, -0.2) is 4.79 Å². The Labute approximate surface area is 158 Å². The molecule has 1 aromatic carbocycles. The van der Waals surface area contributed by atoms with Crippen LogP contribution in [-0.2, 0) is 11.0 Å². The number of aromatic nitrogens is 2. The van der Waals surface area contributed by atoms with Crippen molar-refractivity contribution >= 4 is 11.9 Å². The summed E-state index contributed by atoms with van der Waals surface area (Å²) >= 11 is 0. The number of nitrogens with zero attached hydrogens (tertiary/aromatic N) is 3. The molecule has 150 valence electrons. The van der Waals surface area contributed by atoms with E-state index in [1.165, 1.54) is 24.5 Å². The molecule has 1 aromatic heterocycles. The van der Waals surface area contributed by atoms with Crippen molar-refractivity contribution in [2.24, 2.45) is 0 Å². The van der Waals surface area contributed by atoms with Crippen molar-refractivity contribution in [1.82, 2.24) is 14.7 Å². The van der Waals surface area contributed by atoms with Gasteiger partial charge in [0.15, 0.2) is 6.61 Å². The number of carbonyl (C=O) groups is 2. The van der Waals surface area contributed by atoms with Gasteiger partial charge in [0, 0.05) is 19.3 Å². The third-order valence-electron chi connectivity index (χ3n) is 4.56. The van der Waals surface area contributed by atoms with Gasteiger partial charge in [0.1, 0.15) is 5.75 Å². The SMILES string of the molecule is O=C(O)c1cnn(C2CCN(C(=O)COc3cccc(C(F)(F)F)c3)CC2)c1. The number of hydrogen-bond donors (Lipinski definition) is 1. The minimum Gasteiger partial charge on any atom is -0.484 e. The first-order valence-electron chi connectivity index (χ1n) is 8.59. The second-order valence-electron chi connectivity index (χ2n) is 6.44. The quantitative estimate of drug-likeness (QED) is 0.839. The first kappa shape index (κ1) is 19.7. The zero-order valence-electron chi connectivity index (χ0n) is 14.7. The maximum Gasteiger partial charge on any atom is 0.416 e. The van der Waals surface area contributed by atoms with Crippen LogP contribution in [0.5, 0.6) is 5.75 Å². The molecular weight excluding hydrogens is 379 g/mol. The Hall–Kier alpha value is -3.04. The fourth-order valence-corrected chi connectivity index (χ4v) is 3.03. The number of halogens is 3. The van der Waals surface area contributed by atoms with Crippen LogP contribution in [0.2, 0.25) is 0 Å². The van der Waals surface area contributed by atoms with Crippen LogP contribution >= 0.6 is 0 Å². The third kappa shape index (κ3) is 4.62. The van der Waals surface area contributed by atoms with Crippen LogP contribution in [0, 0.1) is 0 Å². The molecular formula is C18H18F3N3O4. The molecule has 2 aromatic rings. The molecule has 0 radical (unpaired) electrons. The van der Waals surface area contributed by atoms with E-state index in [1.807, 2.05) is 0 Å². The molecule has 1 aliphatic heterocycles. The molecule has 7 nitrogen and oxygen atoms in total. The Bertz CT molecular complexity index is 858. The molecule has 2 heterocycles. The van der Waals surface area contributed by atoms with Crippen LogP contribution in [0.4, 0.5) is 13.2 Å². The average molecular weight is 397 g/mol. The monoisotopic (exact) mass is 397 g/mol. The number of benzene rings is 1. The molecule has 10 heteroatoms. The van der Waals surface area contributed by atoms with Crippen LogP contribution in [-0.4, -0.2) is 51.4 Å². The summed E-state index contributed by atoms with van der Waals surface area (Å²) in [7, 11) is 0. The van der Waals surface area contributed by atoms with Crippen molar-refractivity contribution in [2.45, 2.75) is 25.1 Å². The third-order valence-corrected chi connectivity index (χ3v) is 4.56. The van der Waals surface area contributed by atoms with Crippen molar-refractivity contribution in [3.05, 3.63) is 47.8 Å². The lowest BCUT2D eigenvalue weighted by Crippen LogP contribution is -2.41. The number of carbonyl (C=O) groups excluding carboxylic acids is 1. The molecule has 1 fully saturated rings. The fraction of sp³-hybridized carbons (Fsp3) is 0.389. The molecule has 0 atom stereocenters. The van der Waals surface area contributed by atoms with Gasteiger partial charge < -0.3 is 14.7 Å². The smallest absolute Gasteiger partial charge is 0.416 e. The van der Waals surface area contributed by atoms with E-state index in [0.717, 1.165) is 12.1 Å². The Morgan fingerprint density at radius 2 is 1.96 bits per heavy atom. The van der Waals surface area contributed by atoms with Gasteiger partial charge in [-0.1, -0.05) is 6.07 Å². The van der Waals surface area contributed by atoms with Gasteiger partial charge in [-0.05, 0) is 31.0 Å². The molecule has 1 aliphatic rings. The molecule has 0 saturated carbocycles. The summed E-state index contributed by atoms with van der Waals surface area (Å²) < 4.78 is 44.9. The molecule has 0 spiro atoms. The lowest BCUT2D eigenvalue weighted by atomic mass is 10.1. The zero-order chi connectivity index (χ0) is 20.3. The summed E-state index contributed by atoms with van der Waals surface area (Å²) in [5, 5.41) is 13.0. The van der Waals surface area contributed by atoms with Gasteiger partial charge in [0.05, 0.1) is 23.4 Å². The van der Waals surface area contributed by atoms with Crippen LogP contribution in [0.1, 0.15) is 34.8 Å². The molecule has 1 saturated heterocycles. The number of carboxylic acids is 1. The standard InChI is InChI=1S/C18H18F3N3O4/c19-18(20,21)13-2-1-3-15(8-13)28-11-16(25)23-6-4-14(5-7-23)24-10-12(9-22-24)17(26)27/h1-3,8-10,14H,4-7,11H2,(H,26,27). The molecule has 0 unspecified atom stereocenters. The zero-order valence-corrected chi connectivity index (χ0v) is 14.7. The molecule has 28 heavy (non-hydrogen) atoms.